The molecule has 0 bridgehead atoms. The third kappa shape index (κ3) is 8.72. The number of aliphatic hydroxyl groups is 1. The fourth-order valence-corrected chi connectivity index (χ4v) is 7.65. The molecule has 0 spiro atoms. The second-order valence-electron chi connectivity index (χ2n) is 14.1. The Morgan fingerprint density at radius 1 is 0.906 bits per heavy atom. The minimum Gasteiger partial charge on any atom is -0.393 e. The van der Waals surface area contributed by atoms with Crippen LogP contribution >= 0.6 is 0 Å². The van der Waals surface area contributed by atoms with Crippen molar-refractivity contribution in [2.24, 2.45) is 5.73 Å². The van der Waals surface area contributed by atoms with Gasteiger partial charge in [0.2, 0.25) is 17.7 Å². The highest BCUT2D eigenvalue weighted by Crippen LogP contribution is 2.33. The van der Waals surface area contributed by atoms with Crippen molar-refractivity contribution in [2.75, 3.05) is 0 Å². The number of Topliss-reactive ketones (excluding diaryl/α,β-unsaturated/α-hetero) is 2. The molecule has 276 valence electrons. The zero-order chi connectivity index (χ0) is 37.6. The Morgan fingerprint density at radius 2 is 1.58 bits per heavy atom. The summed E-state index contributed by atoms with van der Waals surface area (Å²) >= 11 is 0. The van der Waals surface area contributed by atoms with E-state index < -0.39 is 53.9 Å². The molecular formula is C41H45N5O7. The van der Waals surface area contributed by atoms with Crippen LogP contribution in [0.1, 0.15) is 96.2 Å². The summed E-state index contributed by atoms with van der Waals surface area (Å²) in [6, 6.07) is 22.4. The van der Waals surface area contributed by atoms with Crippen LogP contribution in [0.3, 0.4) is 0 Å². The van der Waals surface area contributed by atoms with E-state index in [9.17, 15) is 33.9 Å². The zero-order valence-electron chi connectivity index (χ0n) is 29.6. The zero-order valence-corrected chi connectivity index (χ0v) is 29.6. The van der Waals surface area contributed by atoms with Crippen molar-refractivity contribution in [2.45, 2.75) is 94.5 Å². The molecule has 0 radical (unpaired) electrons. The Morgan fingerprint density at radius 3 is 2.23 bits per heavy atom. The first-order valence-corrected chi connectivity index (χ1v) is 18.1. The second kappa shape index (κ2) is 16.4. The van der Waals surface area contributed by atoms with Gasteiger partial charge in [-0.1, -0.05) is 60.7 Å². The minimum atomic E-state index is -1.04. The van der Waals surface area contributed by atoms with Crippen molar-refractivity contribution in [3.63, 3.8) is 0 Å². The summed E-state index contributed by atoms with van der Waals surface area (Å²) in [6.07, 6.45) is 0.615. The van der Waals surface area contributed by atoms with Gasteiger partial charge >= 0.3 is 0 Å². The standard InChI is InChI=1S/C41H45N5O7/c1-24(47)27-12-15-32-28(20-27)21-35(43-32)39(51)45-34-16-14-30(48)22-29-13-18-36(46(29)41(34)53)40(52)44-33(17-19-38(42)50)37(49)23-31(25-8-4-2-5-9-25)26-10-6-3-7-11-26/h2-12,15,20-21,29-31,33-34,36,43,48H,13-14,16-19,22-23H2,1H3,(H2,42,50)(H,44,52)(H,45,51)/t29-,30-,33+,34+,36+/m1/s1. The number of rotatable bonds is 13. The number of benzene rings is 3. The van der Waals surface area contributed by atoms with E-state index >= 15 is 0 Å². The van der Waals surface area contributed by atoms with Gasteiger partial charge in [-0.2, -0.15) is 0 Å². The summed E-state index contributed by atoms with van der Waals surface area (Å²) in [4.78, 5) is 84.0. The first-order valence-electron chi connectivity index (χ1n) is 18.1. The summed E-state index contributed by atoms with van der Waals surface area (Å²) in [5.74, 6) is -2.83. The van der Waals surface area contributed by atoms with Crippen LogP contribution in [0.4, 0.5) is 0 Å². The fraction of sp³-hybridized carbons (Fsp3) is 0.366. The first-order chi connectivity index (χ1) is 25.5. The molecule has 1 aromatic heterocycles. The number of primary amides is 1. The molecule has 2 saturated heterocycles. The highest BCUT2D eigenvalue weighted by atomic mass is 16.3. The molecule has 12 heteroatoms. The number of aliphatic hydroxyl groups excluding tert-OH is 1. The van der Waals surface area contributed by atoms with E-state index in [-0.39, 0.29) is 61.7 Å². The molecule has 0 aliphatic carbocycles. The fourth-order valence-electron chi connectivity index (χ4n) is 7.65. The Hall–Kier alpha value is -5.62. The molecule has 0 unspecified atom stereocenters. The van der Waals surface area contributed by atoms with E-state index in [0.717, 1.165) is 11.1 Å². The van der Waals surface area contributed by atoms with Crippen LogP contribution in [0.25, 0.3) is 10.9 Å². The Labute approximate surface area is 307 Å². The molecule has 12 nitrogen and oxygen atoms in total. The van der Waals surface area contributed by atoms with Crippen LogP contribution in [0.5, 0.6) is 0 Å². The normalized spacial score (nSPS) is 20.7. The van der Waals surface area contributed by atoms with Gasteiger partial charge in [-0.3, -0.25) is 28.8 Å². The lowest BCUT2D eigenvalue weighted by Crippen LogP contribution is -2.58. The van der Waals surface area contributed by atoms with E-state index in [1.54, 1.807) is 24.3 Å². The molecule has 4 aromatic rings. The molecule has 2 fully saturated rings. The van der Waals surface area contributed by atoms with Crippen LogP contribution in [-0.2, 0) is 19.2 Å². The summed E-state index contributed by atoms with van der Waals surface area (Å²) < 4.78 is 0. The lowest BCUT2D eigenvalue weighted by molar-refractivity contribution is -0.144. The molecule has 6 rings (SSSR count). The van der Waals surface area contributed by atoms with E-state index in [1.807, 2.05) is 60.7 Å². The van der Waals surface area contributed by atoms with Crippen molar-refractivity contribution in [3.05, 3.63) is 107 Å². The van der Waals surface area contributed by atoms with Gasteiger partial charge in [-0.15, -0.1) is 0 Å². The first kappa shape index (κ1) is 37.1. The highest BCUT2D eigenvalue weighted by molar-refractivity contribution is 6.03. The molecule has 6 N–H and O–H groups in total. The molecule has 4 amide bonds. The maximum atomic E-state index is 14.2. The quantitative estimate of drug-likeness (QED) is 0.129. The Bertz CT molecular complexity index is 1960. The predicted molar refractivity (Wildman–Crippen MR) is 198 cm³/mol. The van der Waals surface area contributed by atoms with E-state index in [2.05, 4.69) is 15.6 Å². The number of nitrogens with two attached hydrogens (primary N) is 1. The van der Waals surface area contributed by atoms with Gasteiger partial charge in [-0.05, 0) is 80.8 Å². The number of aromatic amines is 1. The third-order valence-electron chi connectivity index (χ3n) is 10.5. The average molecular weight is 720 g/mol. The van der Waals surface area contributed by atoms with Gasteiger partial charge < -0.3 is 31.4 Å². The van der Waals surface area contributed by atoms with E-state index in [1.165, 1.54) is 11.8 Å². The summed E-state index contributed by atoms with van der Waals surface area (Å²) in [6.45, 7) is 1.46. The van der Waals surface area contributed by atoms with Crippen LogP contribution in [-0.4, -0.2) is 80.5 Å². The number of ketones is 2. The van der Waals surface area contributed by atoms with Crippen molar-refractivity contribution in [1.82, 2.24) is 20.5 Å². The van der Waals surface area contributed by atoms with Gasteiger partial charge in [0, 0.05) is 41.3 Å². The monoisotopic (exact) mass is 719 g/mol. The third-order valence-corrected chi connectivity index (χ3v) is 10.5. The molecule has 3 aromatic carbocycles. The Kier molecular flexibility index (Phi) is 11.5. The number of H-pyrrole nitrogens is 1. The lowest BCUT2D eigenvalue weighted by atomic mass is 9.85. The number of hydrogen-bond donors (Lipinski definition) is 5. The summed E-state index contributed by atoms with van der Waals surface area (Å²) in [7, 11) is 0. The lowest BCUT2D eigenvalue weighted by Gasteiger charge is -2.36. The number of fused-ring (bicyclic) bond motifs is 2. The highest BCUT2D eigenvalue weighted by Gasteiger charge is 2.46. The topological polar surface area (TPSA) is 192 Å². The molecular weight excluding hydrogens is 674 g/mol. The molecule has 3 heterocycles. The van der Waals surface area contributed by atoms with Crippen LogP contribution in [0.15, 0.2) is 84.9 Å². The Balaban J connectivity index is 1.20. The van der Waals surface area contributed by atoms with Crippen molar-refractivity contribution in [3.8, 4) is 0 Å². The van der Waals surface area contributed by atoms with Crippen LogP contribution in [0.2, 0.25) is 0 Å². The molecule has 5 atom stereocenters. The van der Waals surface area contributed by atoms with Crippen molar-refractivity contribution < 1.29 is 33.9 Å². The summed E-state index contributed by atoms with van der Waals surface area (Å²) in [5.41, 5.74) is 8.68. The molecule has 2 aliphatic rings. The number of hydrogen-bond acceptors (Lipinski definition) is 7. The van der Waals surface area contributed by atoms with Crippen molar-refractivity contribution in [1.29, 1.82) is 0 Å². The van der Waals surface area contributed by atoms with Gasteiger partial charge in [-0.25, -0.2) is 0 Å². The van der Waals surface area contributed by atoms with Gasteiger partial charge in [0.1, 0.15) is 17.8 Å². The SMILES string of the molecule is CC(=O)c1ccc2[nH]c(C(=O)N[C@H]3CC[C@@H](O)C[C@H]4CC[C@@H](C(=O)N[C@@H](CCC(N)=O)C(=O)CC(c5ccccc5)c5ccccc5)N4C3=O)cc2c1. The van der Waals surface area contributed by atoms with Crippen molar-refractivity contribution >= 4 is 46.1 Å². The number of carbonyl (C=O) groups is 6. The molecule has 53 heavy (non-hydrogen) atoms. The van der Waals surface area contributed by atoms with E-state index in [4.69, 9.17) is 5.73 Å². The smallest absolute Gasteiger partial charge is 0.268 e. The van der Waals surface area contributed by atoms with Gasteiger partial charge in [0.05, 0.1) is 12.1 Å². The number of aromatic nitrogens is 1. The van der Waals surface area contributed by atoms with Crippen LogP contribution in [0, 0.1) is 0 Å². The maximum Gasteiger partial charge on any atom is 0.268 e. The predicted octanol–water partition coefficient (Wildman–Crippen LogP) is 3.91. The minimum absolute atomic E-state index is 0.00386. The van der Waals surface area contributed by atoms with Gasteiger partial charge in [0.25, 0.3) is 5.91 Å². The number of nitrogens with zero attached hydrogens (tertiary/aromatic N) is 1. The molecule has 0 saturated carbocycles. The molecule has 2 aliphatic heterocycles. The van der Waals surface area contributed by atoms with Crippen LogP contribution < -0.4 is 16.4 Å². The average Bonchev–Trinajstić information content (AvgIpc) is 3.77. The number of amides is 4. The number of nitrogens with one attached hydrogen (secondary N) is 3. The maximum absolute atomic E-state index is 14.2. The summed E-state index contributed by atoms with van der Waals surface area (Å²) in [5, 5.41) is 17.2. The second-order valence-corrected chi connectivity index (χ2v) is 14.1. The van der Waals surface area contributed by atoms with E-state index in [0.29, 0.717) is 29.3 Å². The van der Waals surface area contributed by atoms with Gasteiger partial charge in [0.15, 0.2) is 11.6 Å². The number of carbonyl (C=O) groups excluding carboxylic acids is 6. The largest absolute Gasteiger partial charge is 0.393 e.